The van der Waals surface area contributed by atoms with Crippen LogP contribution in [0.5, 0.6) is 0 Å². The Morgan fingerprint density at radius 2 is 1.89 bits per heavy atom. The minimum Gasteiger partial charge on any atom is -0.356 e. The Bertz CT molecular complexity index is 794. The van der Waals surface area contributed by atoms with E-state index < -0.39 is 17.6 Å². The molecule has 27 heavy (non-hydrogen) atoms. The van der Waals surface area contributed by atoms with Gasteiger partial charge in [-0.3, -0.25) is 4.79 Å². The third-order valence-electron chi connectivity index (χ3n) is 4.17. The maximum atomic E-state index is 13.0. The number of anilines is 2. The summed E-state index contributed by atoms with van der Waals surface area (Å²) in [7, 11) is 0. The second-order valence-electron chi connectivity index (χ2n) is 6.14. The molecule has 1 aliphatic heterocycles. The molecule has 0 unspecified atom stereocenters. The molecule has 0 saturated carbocycles. The van der Waals surface area contributed by atoms with E-state index in [4.69, 9.17) is 0 Å². The third-order valence-corrected chi connectivity index (χ3v) is 5.09. The lowest BCUT2D eigenvalue weighted by atomic mass is 10.1. The quantitative estimate of drug-likeness (QED) is 0.606. The fourth-order valence-corrected chi connectivity index (χ4v) is 3.53. The Balaban J connectivity index is 1.60. The summed E-state index contributed by atoms with van der Waals surface area (Å²) in [5, 5.41) is 2.95. The standard InChI is InChI=1S/C18H19F3N4OS/c19-18(20,21)13-6-2-3-7-14(13)24-16(26)11-27-17-10-15(22-12-23-17)25-8-4-1-5-9-25/h2-3,6-7,10,12H,1,4-5,8-9,11H2,(H,24,26). The average Bonchev–Trinajstić information content (AvgIpc) is 2.67. The van der Waals surface area contributed by atoms with Crippen LogP contribution in [0.2, 0.25) is 0 Å². The van der Waals surface area contributed by atoms with Crippen LogP contribution in [0.1, 0.15) is 24.8 Å². The monoisotopic (exact) mass is 396 g/mol. The van der Waals surface area contributed by atoms with Gasteiger partial charge in [0.1, 0.15) is 17.2 Å². The van der Waals surface area contributed by atoms with Crippen LogP contribution < -0.4 is 10.2 Å². The first-order valence-corrected chi connectivity index (χ1v) is 9.58. The van der Waals surface area contributed by atoms with E-state index in [1.807, 2.05) is 6.07 Å². The van der Waals surface area contributed by atoms with Gasteiger partial charge < -0.3 is 10.2 Å². The van der Waals surface area contributed by atoms with Crippen LogP contribution in [0.3, 0.4) is 0 Å². The minimum atomic E-state index is -4.52. The van der Waals surface area contributed by atoms with Gasteiger partial charge in [0, 0.05) is 19.2 Å². The van der Waals surface area contributed by atoms with Crippen molar-refractivity contribution in [3.8, 4) is 0 Å². The Kier molecular flexibility index (Phi) is 6.20. The largest absolute Gasteiger partial charge is 0.418 e. The van der Waals surface area contributed by atoms with Gasteiger partial charge in [-0.05, 0) is 31.4 Å². The highest BCUT2D eigenvalue weighted by molar-refractivity contribution is 7.99. The van der Waals surface area contributed by atoms with Crippen LogP contribution >= 0.6 is 11.8 Å². The number of halogens is 3. The molecule has 3 rings (SSSR count). The molecule has 0 bridgehead atoms. The number of carbonyl (C=O) groups excluding carboxylic acids is 1. The van der Waals surface area contributed by atoms with E-state index in [1.165, 1.54) is 42.7 Å². The van der Waals surface area contributed by atoms with Crippen molar-refractivity contribution in [2.45, 2.75) is 30.5 Å². The third kappa shape index (κ3) is 5.35. The summed E-state index contributed by atoms with van der Waals surface area (Å²) in [5.74, 6) is 0.257. The van der Waals surface area contributed by atoms with Crippen molar-refractivity contribution in [2.24, 2.45) is 0 Å². The highest BCUT2D eigenvalue weighted by atomic mass is 32.2. The number of rotatable bonds is 5. The number of carbonyl (C=O) groups is 1. The molecule has 9 heteroatoms. The number of amides is 1. The highest BCUT2D eigenvalue weighted by Gasteiger charge is 2.33. The molecule has 0 spiro atoms. The van der Waals surface area contributed by atoms with Crippen molar-refractivity contribution in [1.82, 2.24) is 9.97 Å². The van der Waals surface area contributed by atoms with Gasteiger partial charge >= 0.3 is 6.18 Å². The molecule has 1 fully saturated rings. The summed E-state index contributed by atoms with van der Waals surface area (Å²) < 4.78 is 39.0. The molecule has 0 aliphatic carbocycles. The second-order valence-corrected chi connectivity index (χ2v) is 7.14. The Morgan fingerprint density at radius 3 is 2.63 bits per heavy atom. The number of para-hydroxylation sites is 1. The molecule has 144 valence electrons. The molecule has 1 amide bonds. The summed E-state index contributed by atoms with van der Waals surface area (Å²) in [6, 6.07) is 6.74. The summed E-state index contributed by atoms with van der Waals surface area (Å²) in [6.07, 6.45) is 0.375. The lowest BCUT2D eigenvalue weighted by Gasteiger charge is -2.27. The van der Waals surface area contributed by atoms with Crippen LogP contribution in [0.4, 0.5) is 24.7 Å². The minimum absolute atomic E-state index is 0.0390. The van der Waals surface area contributed by atoms with Crippen molar-refractivity contribution < 1.29 is 18.0 Å². The SMILES string of the molecule is O=C(CSc1cc(N2CCCCC2)ncn1)Nc1ccccc1C(F)(F)F. The molecule has 2 aromatic rings. The number of alkyl halides is 3. The highest BCUT2D eigenvalue weighted by Crippen LogP contribution is 2.34. The summed E-state index contributed by atoms with van der Waals surface area (Å²) in [6.45, 7) is 1.88. The van der Waals surface area contributed by atoms with Gasteiger partial charge in [-0.15, -0.1) is 0 Å². The van der Waals surface area contributed by atoms with Gasteiger partial charge in [-0.25, -0.2) is 9.97 Å². The molecular weight excluding hydrogens is 377 g/mol. The van der Waals surface area contributed by atoms with Gasteiger partial charge in [0.05, 0.1) is 17.0 Å². The van der Waals surface area contributed by atoms with Gasteiger partial charge in [-0.2, -0.15) is 13.2 Å². The number of hydrogen-bond donors (Lipinski definition) is 1. The molecule has 2 heterocycles. The second kappa shape index (κ2) is 8.60. The van der Waals surface area contributed by atoms with Crippen LogP contribution in [0.15, 0.2) is 41.7 Å². The van der Waals surface area contributed by atoms with Crippen LogP contribution in [0.25, 0.3) is 0 Å². The summed E-state index contributed by atoms with van der Waals surface area (Å²) >= 11 is 1.17. The van der Waals surface area contributed by atoms with Crippen molar-refractivity contribution in [3.05, 3.63) is 42.2 Å². The number of nitrogens with zero attached hydrogens (tertiary/aromatic N) is 3. The van der Waals surface area contributed by atoms with E-state index in [0.717, 1.165) is 37.8 Å². The number of aromatic nitrogens is 2. The molecule has 1 aliphatic rings. The van der Waals surface area contributed by atoms with Crippen molar-refractivity contribution >= 4 is 29.2 Å². The van der Waals surface area contributed by atoms with Gasteiger partial charge in [0.2, 0.25) is 5.91 Å². The van der Waals surface area contributed by atoms with Crippen LogP contribution in [0, 0.1) is 0 Å². The normalized spacial score (nSPS) is 14.9. The molecule has 1 N–H and O–H groups in total. The Hall–Kier alpha value is -2.29. The van der Waals surface area contributed by atoms with Crippen LogP contribution in [-0.4, -0.2) is 34.7 Å². The first-order valence-electron chi connectivity index (χ1n) is 8.59. The average molecular weight is 396 g/mol. The van der Waals surface area contributed by atoms with E-state index in [9.17, 15) is 18.0 Å². The smallest absolute Gasteiger partial charge is 0.356 e. The molecular formula is C18H19F3N4OS. The van der Waals surface area contributed by atoms with Gasteiger partial charge in [0.15, 0.2) is 0 Å². The number of nitrogens with one attached hydrogen (secondary N) is 1. The zero-order chi connectivity index (χ0) is 19.3. The van der Waals surface area contributed by atoms with E-state index in [-0.39, 0.29) is 11.4 Å². The topological polar surface area (TPSA) is 58.1 Å². The van der Waals surface area contributed by atoms with E-state index in [0.29, 0.717) is 5.03 Å². The molecule has 0 atom stereocenters. The molecule has 1 aromatic carbocycles. The number of piperidine rings is 1. The lowest BCUT2D eigenvalue weighted by molar-refractivity contribution is -0.137. The molecule has 1 aromatic heterocycles. The van der Waals surface area contributed by atoms with Crippen molar-refractivity contribution in [2.75, 3.05) is 29.1 Å². The van der Waals surface area contributed by atoms with Gasteiger partial charge in [0.25, 0.3) is 0 Å². The first kappa shape index (κ1) is 19.5. The van der Waals surface area contributed by atoms with E-state index in [1.54, 1.807) is 0 Å². The number of benzene rings is 1. The molecule has 5 nitrogen and oxygen atoms in total. The van der Waals surface area contributed by atoms with Crippen LogP contribution in [-0.2, 0) is 11.0 Å². The maximum absolute atomic E-state index is 13.0. The number of hydrogen-bond acceptors (Lipinski definition) is 5. The Labute approximate surface area is 159 Å². The summed E-state index contributed by atoms with van der Waals surface area (Å²) in [5.41, 5.74) is -1.11. The zero-order valence-electron chi connectivity index (χ0n) is 14.5. The zero-order valence-corrected chi connectivity index (χ0v) is 15.3. The molecule has 1 saturated heterocycles. The fourth-order valence-electron chi connectivity index (χ4n) is 2.87. The maximum Gasteiger partial charge on any atom is 0.418 e. The lowest BCUT2D eigenvalue weighted by Crippen LogP contribution is -2.30. The first-order chi connectivity index (χ1) is 12.9. The fraction of sp³-hybridized carbons (Fsp3) is 0.389. The van der Waals surface area contributed by atoms with Gasteiger partial charge in [-0.1, -0.05) is 23.9 Å². The van der Waals surface area contributed by atoms with Crippen molar-refractivity contribution in [1.29, 1.82) is 0 Å². The van der Waals surface area contributed by atoms with E-state index in [2.05, 4.69) is 20.2 Å². The summed E-state index contributed by atoms with van der Waals surface area (Å²) in [4.78, 5) is 22.7. The van der Waals surface area contributed by atoms with E-state index >= 15 is 0 Å². The predicted octanol–water partition coefficient (Wildman–Crippen LogP) is 4.22. The van der Waals surface area contributed by atoms with Crippen molar-refractivity contribution in [3.63, 3.8) is 0 Å². The number of thioether (sulfide) groups is 1. The Morgan fingerprint density at radius 1 is 1.15 bits per heavy atom. The predicted molar refractivity (Wildman–Crippen MR) is 98.9 cm³/mol. The molecule has 0 radical (unpaired) electrons.